The highest BCUT2D eigenvalue weighted by molar-refractivity contribution is 5.98. The van der Waals surface area contributed by atoms with Crippen molar-refractivity contribution in [1.82, 2.24) is 24.3 Å². The Morgan fingerprint density at radius 2 is 1.97 bits per heavy atom. The fourth-order valence-electron chi connectivity index (χ4n) is 4.53. The van der Waals surface area contributed by atoms with Gasteiger partial charge < -0.3 is 23.9 Å². The Kier molecular flexibility index (Phi) is 8.43. The summed E-state index contributed by atoms with van der Waals surface area (Å²) in [5, 5.41) is 3.00. The van der Waals surface area contributed by atoms with Crippen molar-refractivity contribution in [2.75, 3.05) is 26.7 Å². The Bertz CT molecular complexity index is 1200. The minimum atomic E-state index is -0.213. The van der Waals surface area contributed by atoms with Crippen molar-refractivity contribution in [2.24, 2.45) is 0 Å². The normalized spacial score (nSPS) is 13.8. The van der Waals surface area contributed by atoms with Gasteiger partial charge in [0, 0.05) is 69.8 Å². The number of hydrogen-bond donors (Lipinski definition) is 1. The molecule has 0 saturated carbocycles. The smallest absolute Gasteiger partial charge is 0.256 e. The van der Waals surface area contributed by atoms with E-state index >= 15 is 0 Å². The number of hydrogen-bond acceptors (Lipinski definition) is 6. The minimum absolute atomic E-state index is 0.137. The molecule has 1 aliphatic heterocycles. The number of carbonyl (C=O) groups excluding carboxylic acids is 1. The number of benzene rings is 1. The molecule has 0 unspecified atom stereocenters. The zero-order valence-electron chi connectivity index (χ0n) is 21.3. The summed E-state index contributed by atoms with van der Waals surface area (Å²) in [4.78, 5) is 32.4. The molecule has 3 aromatic rings. The second-order valence-electron chi connectivity index (χ2n) is 9.27. The van der Waals surface area contributed by atoms with Crippen molar-refractivity contribution in [1.29, 1.82) is 0 Å². The Hall–Kier alpha value is -3.59. The summed E-state index contributed by atoms with van der Waals surface area (Å²) in [6.45, 7) is 8.04. The van der Waals surface area contributed by atoms with E-state index in [0.29, 0.717) is 30.8 Å². The molecule has 0 bridgehead atoms. The maximum atomic E-state index is 13.2. The SMILES string of the molecule is COc1cc(=O)n2c(c1C(=O)NCCCn1ccnc1)CCN(Cc1ccc(OC(C)C)cc1)CC2. The number of fused-ring (bicyclic) bond motifs is 1. The first-order valence-electron chi connectivity index (χ1n) is 12.5. The van der Waals surface area contributed by atoms with E-state index in [9.17, 15) is 9.59 Å². The molecule has 9 nitrogen and oxygen atoms in total. The van der Waals surface area contributed by atoms with Crippen LogP contribution in [-0.2, 0) is 26.1 Å². The van der Waals surface area contributed by atoms with Crippen LogP contribution in [0.2, 0.25) is 0 Å². The number of amides is 1. The molecule has 1 aromatic carbocycles. The number of ether oxygens (including phenoxy) is 2. The summed E-state index contributed by atoms with van der Waals surface area (Å²) in [7, 11) is 1.50. The summed E-state index contributed by atoms with van der Waals surface area (Å²) in [5.41, 5.74) is 2.22. The molecule has 1 aliphatic rings. The van der Waals surface area contributed by atoms with Crippen LogP contribution < -0.4 is 20.3 Å². The van der Waals surface area contributed by atoms with Gasteiger partial charge in [0.15, 0.2) is 0 Å². The highest BCUT2D eigenvalue weighted by Gasteiger charge is 2.25. The molecule has 1 N–H and O–H groups in total. The fourth-order valence-corrected chi connectivity index (χ4v) is 4.53. The number of aromatic nitrogens is 3. The maximum Gasteiger partial charge on any atom is 0.256 e. The van der Waals surface area contributed by atoms with Crippen LogP contribution in [0.4, 0.5) is 0 Å². The first-order valence-corrected chi connectivity index (χ1v) is 12.5. The molecular formula is C27H35N5O4. The molecule has 0 radical (unpaired) electrons. The number of imidazole rings is 1. The number of nitrogens with one attached hydrogen (secondary N) is 1. The third-order valence-corrected chi connectivity index (χ3v) is 6.27. The van der Waals surface area contributed by atoms with E-state index in [2.05, 4.69) is 27.3 Å². The summed E-state index contributed by atoms with van der Waals surface area (Å²) < 4.78 is 14.9. The monoisotopic (exact) mass is 493 g/mol. The van der Waals surface area contributed by atoms with Crippen LogP contribution in [0.3, 0.4) is 0 Å². The van der Waals surface area contributed by atoms with Crippen LogP contribution in [0.15, 0.2) is 53.8 Å². The lowest BCUT2D eigenvalue weighted by atomic mass is 10.1. The van der Waals surface area contributed by atoms with E-state index in [1.807, 2.05) is 36.7 Å². The standard InChI is InChI=1S/C27H35N5O4/c1-20(2)36-22-7-5-21(6-8-22)18-30-13-9-23-26(24(35-3)17-25(33)32(23)16-15-30)27(34)29-10-4-12-31-14-11-28-19-31/h5-8,11,14,17,19-20H,4,9-10,12-13,15-16,18H2,1-3H3,(H,29,34). The van der Waals surface area contributed by atoms with Crippen molar-refractivity contribution in [3.8, 4) is 11.5 Å². The van der Waals surface area contributed by atoms with Crippen molar-refractivity contribution in [3.63, 3.8) is 0 Å². The van der Waals surface area contributed by atoms with Gasteiger partial charge in [-0.2, -0.15) is 0 Å². The van der Waals surface area contributed by atoms with Crippen molar-refractivity contribution < 1.29 is 14.3 Å². The average molecular weight is 494 g/mol. The van der Waals surface area contributed by atoms with E-state index < -0.39 is 0 Å². The van der Waals surface area contributed by atoms with E-state index in [1.54, 1.807) is 17.1 Å². The van der Waals surface area contributed by atoms with Crippen LogP contribution in [0, 0.1) is 0 Å². The predicted octanol–water partition coefficient (Wildman–Crippen LogP) is 2.72. The Balaban J connectivity index is 1.44. The number of pyridine rings is 1. The van der Waals surface area contributed by atoms with Gasteiger partial charge in [0.1, 0.15) is 17.1 Å². The van der Waals surface area contributed by atoms with Gasteiger partial charge in [-0.1, -0.05) is 12.1 Å². The van der Waals surface area contributed by atoms with Gasteiger partial charge in [-0.3, -0.25) is 14.5 Å². The molecule has 0 fully saturated rings. The van der Waals surface area contributed by atoms with Gasteiger partial charge in [-0.25, -0.2) is 4.98 Å². The van der Waals surface area contributed by atoms with Gasteiger partial charge in [0.2, 0.25) is 0 Å². The number of nitrogens with zero attached hydrogens (tertiary/aromatic N) is 4. The first kappa shape index (κ1) is 25.5. The van der Waals surface area contributed by atoms with Gasteiger partial charge >= 0.3 is 0 Å². The molecule has 4 rings (SSSR count). The fraction of sp³-hybridized carbons (Fsp3) is 0.444. The van der Waals surface area contributed by atoms with Gasteiger partial charge in [0.05, 0.1) is 19.5 Å². The Labute approximate surface area is 211 Å². The van der Waals surface area contributed by atoms with Gasteiger partial charge in [-0.15, -0.1) is 0 Å². The molecule has 0 saturated heterocycles. The average Bonchev–Trinajstić information content (AvgIpc) is 3.29. The largest absolute Gasteiger partial charge is 0.496 e. The molecule has 192 valence electrons. The highest BCUT2D eigenvalue weighted by Crippen LogP contribution is 2.23. The summed E-state index contributed by atoms with van der Waals surface area (Å²) in [6, 6.07) is 9.56. The molecule has 36 heavy (non-hydrogen) atoms. The van der Waals surface area contributed by atoms with Gasteiger partial charge in [-0.05, 0) is 38.0 Å². The number of methoxy groups -OCH3 is 1. The number of aryl methyl sites for hydroxylation is 1. The zero-order chi connectivity index (χ0) is 25.5. The Morgan fingerprint density at radius 1 is 1.17 bits per heavy atom. The van der Waals surface area contributed by atoms with E-state index in [1.165, 1.54) is 18.7 Å². The number of carbonyl (C=O) groups is 1. The van der Waals surface area contributed by atoms with Crippen LogP contribution in [0.5, 0.6) is 11.5 Å². The highest BCUT2D eigenvalue weighted by atomic mass is 16.5. The number of rotatable bonds is 10. The molecule has 3 heterocycles. The summed E-state index contributed by atoms with van der Waals surface area (Å²) in [6.07, 6.45) is 6.88. The van der Waals surface area contributed by atoms with Crippen LogP contribution in [0.1, 0.15) is 41.9 Å². The third-order valence-electron chi connectivity index (χ3n) is 6.27. The predicted molar refractivity (Wildman–Crippen MR) is 138 cm³/mol. The molecule has 0 atom stereocenters. The van der Waals surface area contributed by atoms with Crippen molar-refractivity contribution in [2.45, 2.75) is 52.4 Å². The first-order chi connectivity index (χ1) is 17.4. The molecule has 1 amide bonds. The zero-order valence-corrected chi connectivity index (χ0v) is 21.3. The molecule has 0 spiro atoms. The van der Waals surface area contributed by atoms with E-state index in [4.69, 9.17) is 9.47 Å². The van der Waals surface area contributed by atoms with E-state index in [0.717, 1.165) is 44.0 Å². The molecular weight excluding hydrogens is 458 g/mol. The molecule has 0 aliphatic carbocycles. The summed E-state index contributed by atoms with van der Waals surface area (Å²) >= 11 is 0. The lowest BCUT2D eigenvalue weighted by Gasteiger charge is -2.19. The second kappa shape index (κ2) is 11.9. The summed E-state index contributed by atoms with van der Waals surface area (Å²) in [5.74, 6) is 0.972. The van der Waals surface area contributed by atoms with Crippen molar-refractivity contribution in [3.05, 3.63) is 76.2 Å². The minimum Gasteiger partial charge on any atom is -0.496 e. The topological polar surface area (TPSA) is 90.6 Å². The maximum absolute atomic E-state index is 13.2. The van der Waals surface area contributed by atoms with Gasteiger partial charge in [0.25, 0.3) is 11.5 Å². The second-order valence-corrected chi connectivity index (χ2v) is 9.27. The Morgan fingerprint density at radius 3 is 2.67 bits per heavy atom. The molecule has 9 heteroatoms. The third kappa shape index (κ3) is 6.34. The van der Waals surface area contributed by atoms with Crippen LogP contribution in [0.25, 0.3) is 0 Å². The lowest BCUT2D eigenvalue weighted by molar-refractivity contribution is 0.0947. The molecule has 2 aromatic heterocycles. The van der Waals surface area contributed by atoms with Crippen LogP contribution in [-0.4, -0.2) is 57.8 Å². The van der Waals surface area contributed by atoms with Crippen LogP contribution >= 0.6 is 0 Å². The quantitative estimate of drug-likeness (QED) is 0.437. The lowest BCUT2D eigenvalue weighted by Crippen LogP contribution is -2.32. The van der Waals surface area contributed by atoms with E-state index in [-0.39, 0.29) is 17.6 Å². The van der Waals surface area contributed by atoms with Crippen molar-refractivity contribution >= 4 is 5.91 Å².